The van der Waals surface area contributed by atoms with Gasteiger partial charge in [-0.3, -0.25) is 9.59 Å². The van der Waals surface area contributed by atoms with E-state index in [1.807, 2.05) is 31.3 Å². The fourth-order valence-electron chi connectivity index (χ4n) is 2.32. The lowest BCUT2D eigenvalue weighted by atomic mass is 10.2. The summed E-state index contributed by atoms with van der Waals surface area (Å²) in [6, 6.07) is 14.5. The molecule has 2 aromatic rings. The fraction of sp³-hybridized carbons (Fsp3) is 0.263. The molecule has 1 atom stereocenters. The van der Waals surface area contributed by atoms with Crippen LogP contribution in [-0.4, -0.2) is 45.6 Å². The van der Waals surface area contributed by atoms with Gasteiger partial charge in [-0.2, -0.15) is 0 Å². The van der Waals surface area contributed by atoms with Gasteiger partial charge >= 0.3 is 0 Å². The van der Waals surface area contributed by atoms with E-state index in [9.17, 15) is 9.59 Å². The van der Waals surface area contributed by atoms with Crippen LogP contribution < -0.4 is 20.3 Å². The summed E-state index contributed by atoms with van der Waals surface area (Å²) < 4.78 is 6.67. The van der Waals surface area contributed by atoms with Crippen molar-refractivity contribution in [2.45, 2.75) is 0 Å². The number of likely N-dealkylation sites (N-methyl/N-ethyl adjacent to an activating group) is 1. The molecule has 138 valence electrons. The molecule has 2 aromatic carbocycles. The molecule has 0 spiro atoms. The highest BCUT2D eigenvalue weighted by Gasteiger charge is 2.11. The van der Waals surface area contributed by atoms with Gasteiger partial charge in [0.15, 0.2) is 6.54 Å². The maximum absolute atomic E-state index is 12.2. The van der Waals surface area contributed by atoms with Gasteiger partial charge in [-0.05, 0) is 42.5 Å². The Hall–Kier alpha value is -2.38. The van der Waals surface area contributed by atoms with Crippen molar-refractivity contribution < 1.29 is 19.2 Å². The number of carbonyl (C=O) groups excluding carboxylic acids is 2. The molecule has 1 unspecified atom stereocenters. The molecule has 0 aliphatic carbocycles. The zero-order valence-corrected chi connectivity index (χ0v) is 16.4. The minimum atomic E-state index is -0.186. The summed E-state index contributed by atoms with van der Waals surface area (Å²) in [6.45, 7) is 1.53. The van der Waals surface area contributed by atoms with Gasteiger partial charge in [0.25, 0.3) is 11.8 Å². The monoisotopic (exact) mass is 420 g/mol. The predicted octanol–water partition coefficient (Wildman–Crippen LogP) is 1.34. The van der Waals surface area contributed by atoms with Crippen LogP contribution in [0.2, 0.25) is 0 Å². The summed E-state index contributed by atoms with van der Waals surface area (Å²) in [5.74, 6) is 0.505. The Morgan fingerprint density at radius 2 is 1.88 bits per heavy atom. The minimum Gasteiger partial charge on any atom is -0.488 e. The van der Waals surface area contributed by atoms with Crippen LogP contribution in [0, 0.1) is 0 Å². The lowest BCUT2D eigenvalue weighted by Gasteiger charge is -2.14. The number of hydrogen-bond acceptors (Lipinski definition) is 3. The van der Waals surface area contributed by atoms with Crippen molar-refractivity contribution in [1.82, 2.24) is 5.32 Å². The first kappa shape index (κ1) is 19.9. The SMILES string of the molecule is CNC(=O)c1cccc(NC(=O)C[NH+](C)CCOc2ccc(Br)cc2)c1. The van der Waals surface area contributed by atoms with Gasteiger partial charge in [-0.15, -0.1) is 0 Å². The Morgan fingerprint density at radius 3 is 2.58 bits per heavy atom. The highest BCUT2D eigenvalue weighted by molar-refractivity contribution is 9.10. The Bertz CT molecular complexity index is 750. The summed E-state index contributed by atoms with van der Waals surface area (Å²) in [5.41, 5.74) is 1.11. The maximum Gasteiger partial charge on any atom is 0.279 e. The normalized spacial score (nSPS) is 11.5. The fourth-order valence-corrected chi connectivity index (χ4v) is 2.59. The van der Waals surface area contributed by atoms with Crippen LogP contribution in [0.5, 0.6) is 5.75 Å². The molecule has 0 radical (unpaired) electrons. The Balaban J connectivity index is 1.76. The van der Waals surface area contributed by atoms with E-state index in [0.717, 1.165) is 15.1 Å². The van der Waals surface area contributed by atoms with Gasteiger partial charge < -0.3 is 20.3 Å². The van der Waals surface area contributed by atoms with E-state index >= 15 is 0 Å². The molecule has 2 rings (SSSR count). The molecule has 0 aromatic heterocycles. The molecular weight excluding hydrogens is 398 g/mol. The second-order valence-electron chi connectivity index (χ2n) is 5.89. The van der Waals surface area contributed by atoms with Crippen LogP contribution in [0.3, 0.4) is 0 Å². The quantitative estimate of drug-likeness (QED) is 0.603. The summed E-state index contributed by atoms with van der Waals surface area (Å²) >= 11 is 3.38. The van der Waals surface area contributed by atoms with E-state index in [4.69, 9.17) is 4.74 Å². The second kappa shape index (κ2) is 9.94. The third-order valence-corrected chi connectivity index (χ3v) is 4.24. The van der Waals surface area contributed by atoms with Crippen LogP contribution in [0.25, 0.3) is 0 Å². The van der Waals surface area contributed by atoms with E-state index in [2.05, 4.69) is 26.6 Å². The molecule has 0 aliphatic heterocycles. The lowest BCUT2D eigenvalue weighted by Crippen LogP contribution is -3.10. The number of hydrogen-bond donors (Lipinski definition) is 3. The molecule has 0 fully saturated rings. The standard InChI is InChI=1S/C19H22BrN3O3/c1-21-19(25)14-4-3-5-16(12-14)22-18(24)13-23(2)10-11-26-17-8-6-15(20)7-9-17/h3-9,12H,10-11,13H2,1-2H3,(H,21,25)(H,22,24)/p+1. The van der Waals surface area contributed by atoms with Crippen LogP contribution >= 0.6 is 15.9 Å². The van der Waals surface area contributed by atoms with E-state index in [0.29, 0.717) is 30.9 Å². The smallest absolute Gasteiger partial charge is 0.279 e. The molecule has 26 heavy (non-hydrogen) atoms. The van der Waals surface area contributed by atoms with Crippen LogP contribution in [0.15, 0.2) is 53.0 Å². The van der Waals surface area contributed by atoms with Crippen LogP contribution in [-0.2, 0) is 4.79 Å². The number of ether oxygens (including phenoxy) is 1. The summed E-state index contributed by atoms with van der Waals surface area (Å²) in [6.07, 6.45) is 0. The third kappa shape index (κ3) is 6.50. The van der Waals surface area contributed by atoms with Gasteiger partial charge in [-0.25, -0.2) is 0 Å². The highest BCUT2D eigenvalue weighted by atomic mass is 79.9. The first-order chi connectivity index (χ1) is 12.5. The van der Waals surface area contributed by atoms with Crippen molar-refractivity contribution in [2.75, 3.05) is 39.1 Å². The molecule has 3 N–H and O–H groups in total. The molecule has 0 saturated carbocycles. The summed E-state index contributed by atoms with van der Waals surface area (Å²) in [5, 5.41) is 5.38. The number of nitrogens with one attached hydrogen (secondary N) is 3. The first-order valence-electron chi connectivity index (χ1n) is 8.29. The van der Waals surface area contributed by atoms with E-state index in [1.54, 1.807) is 31.3 Å². The molecule has 0 bridgehead atoms. The van der Waals surface area contributed by atoms with Crippen molar-refractivity contribution in [1.29, 1.82) is 0 Å². The number of halogens is 1. The van der Waals surface area contributed by atoms with Crippen LogP contribution in [0.1, 0.15) is 10.4 Å². The summed E-state index contributed by atoms with van der Waals surface area (Å²) in [4.78, 5) is 24.8. The Morgan fingerprint density at radius 1 is 1.15 bits per heavy atom. The molecule has 0 saturated heterocycles. The summed E-state index contributed by atoms with van der Waals surface area (Å²) in [7, 11) is 3.51. The van der Waals surface area contributed by atoms with Crippen molar-refractivity contribution >= 4 is 33.4 Å². The topological polar surface area (TPSA) is 71.9 Å². The second-order valence-corrected chi connectivity index (χ2v) is 6.81. The number of amides is 2. The molecule has 6 nitrogen and oxygen atoms in total. The van der Waals surface area contributed by atoms with E-state index in [-0.39, 0.29) is 11.8 Å². The largest absolute Gasteiger partial charge is 0.488 e. The minimum absolute atomic E-state index is 0.111. The molecular formula is C19H23BrN3O3+. The Labute approximate surface area is 161 Å². The first-order valence-corrected chi connectivity index (χ1v) is 9.09. The number of benzene rings is 2. The van der Waals surface area contributed by atoms with Crippen LogP contribution in [0.4, 0.5) is 5.69 Å². The molecule has 7 heteroatoms. The van der Waals surface area contributed by atoms with Gasteiger partial charge in [0.05, 0.1) is 7.05 Å². The van der Waals surface area contributed by atoms with Crippen molar-refractivity contribution in [2.24, 2.45) is 0 Å². The van der Waals surface area contributed by atoms with E-state index in [1.165, 1.54) is 0 Å². The maximum atomic E-state index is 12.2. The van der Waals surface area contributed by atoms with E-state index < -0.39 is 0 Å². The predicted molar refractivity (Wildman–Crippen MR) is 105 cm³/mol. The average Bonchev–Trinajstić information content (AvgIpc) is 2.62. The van der Waals surface area contributed by atoms with Gasteiger partial charge in [-0.1, -0.05) is 22.0 Å². The number of anilines is 1. The van der Waals surface area contributed by atoms with Gasteiger partial charge in [0.1, 0.15) is 18.9 Å². The van der Waals surface area contributed by atoms with Crippen molar-refractivity contribution in [3.8, 4) is 5.75 Å². The molecule has 0 aliphatic rings. The zero-order chi connectivity index (χ0) is 18.9. The molecule has 2 amide bonds. The van der Waals surface area contributed by atoms with Gasteiger partial charge in [0.2, 0.25) is 0 Å². The zero-order valence-electron chi connectivity index (χ0n) is 14.8. The number of rotatable bonds is 8. The molecule has 0 heterocycles. The van der Waals surface area contributed by atoms with Crippen molar-refractivity contribution in [3.63, 3.8) is 0 Å². The van der Waals surface area contributed by atoms with Gasteiger partial charge in [0, 0.05) is 22.8 Å². The third-order valence-electron chi connectivity index (χ3n) is 3.71. The average molecular weight is 421 g/mol. The number of quaternary nitrogens is 1. The lowest BCUT2D eigenvalue weighted by molar-refractivity contribution is -0.871. The van der Waals surface area contributed by atoms with Crippen molar-refractivity contribution in [3.05, 3.63) is 58.6 Å². The Kier molecular flexibility index (Phi) is 7.62. The number of carbonyl (C=O) groups is 2. The highest BCUT2D eigenvalue weighted by Crippen LogP contribution is 2.15.